The van der Waals surface area contributed by atoms with Crippen molar-refractivity contribution in [2.75, 3.05) is 19.6 Å². The average Bonchev–Trinajstić information content (AvgIpc) is 2.43. The van der Waals surface area contributed by atoms with Gasteiger partial charge in [0.25, 0.3) is 0 Å². The Morgan fingerprint density at radius 1 is 1.32 bits per heavy atom. The maximum atomic E-state index is 12.5. The van der Waals surface area contributed by atoms with Gasteiger partial charge in [-0.3, -0.25) is 9.69 Å². The SMILES string of the molecule is Cc1ccc(C)c(S(=O)(=O)NC2CCN(CC(N)=O)CC2)c1. The Morgan fingerprint density at radius 2 is 1.95 bits per heavy atom. The first-order valence-electron chi connectivity index (χ1n) is 7.38. The highest BCUT2D eigenvalue weighted by Crippen LogP contribution is 2.19. The molecule has 1 aliphatic heterocycles. The molecule has 2 rings (SSSR count). The lowest BCUT2D eigenvalue weighted by atomic mass is 10.1. The van der Waals surface area contributed by atoms with Gasteiger partial charge in [0.15, 0.2) is 0 Å². The van der Waals surface area contributed by atoms with Crippen molar-refractivity contribution in [3.63, 3.8) is 0 Å². The van der Waals surface area contributed by atoms with Crippen LogP contribution in [0.15, 0.2) is 23.1 Å². The molecule has 0 atom stereocenters. The Bertz CT molecular complexity index is 650. The van der Waals surface area contributed by atoms with E-state index in [9.17, 15) is 13.2 Å². The van der Waals surface area contributed by atoms with Crippen molar-refractivity contribution in [2.45, 2.75) is 37.6 Å². The number of hydrogen-bond acceptors (Lipinski definition) is 4. The summed E-state index contributed by atoms with van der Waals surface area (Å²) in [5.74, 6) is -0.352. The summed E-state index contributed by atoms with van der Waals surface area (Å²) >= 11 is 0. The van der Waals surface area contributed by atoms with E-state index in [1.165, 1.54) is 0 Å². The number of carbonyl (C=O) groups is 1. The van der Waals surface area contributed by atoms with Crippen molar-refractivity contribution in [1.82, 2.24) is 9.62 Å². The summed E-state index contributed by atoms with van der Waals surface area (Å²) in [6.45, 7) is 5.24. The van der Waals surface area contributed by atoms with Crippen molar-refractivity contribution in [1.29, 1.82) is 0 Å². The lowest BCUT2D eigenvalue weighted by Crippen LogP contribution is -2.46. The Morgan fingerprint density at radius 3 is 2.55 bits per heavy atom. The third-order valence-electron chi connectivity index (χ3n) is 3.92. The molecule has 22 heavy (non-hydrogen) atoms. The second kappa shape index (κ2) is 6.76. The normalized spacial score (nSPS) is 17.5. The highest BCUT2D eigenvalue weighted by atomic mass is 32.2. The molecule has 122 valence electrons. The summed E-state index contributed by atoms with van der Waals surface area (Å²) in [6, 6.07) is 5.31. The Kier molecular flexibility index (Phi) is 5.20. The summed E-state index contributed by atoms with van der Waals surface area (Å²) in [7, 11) is -3.51. The molecule has 1 aromatic carbocycles. The number of benzene rings is 1. The van der Waals surface area contributed by atoms with Crippen LogP contribution in [-0.2, 0) is 14.8 Å². The molecule has 6 nitrogen and oxygen atoms in total. The molecule has 0 saturated carbocycles. The van der Waals surface area contributed by atoms with Gasteiger partial charge in [0.2, 0.25) is 15.9 Å². The van der Waals surface area contributed by atoms with E-state index in [4.69, 9.17) is 5.73 Å². The summed E-state index contributed by atoms with van der Waals surface area (Å²) in [5.41, 5.74) is 6.83. The number of primary amides is 1. The van der Waals surface area contributed by atoms with Crippen molar-refractivity contribution >= 4 is 15.9 Å². The maximum Gasteiger partial charge on any atom is 0.241 e. The third-order valence-corrected chi connectivity index (χ3v) is 5.58. The number of aryl methyl sites for hydroxylation is 2. The smallest absolute Gasteiger partial charge is 0.241 e. The number of sulfonamides is 1. The molecule has 1 amide bonds. The number of likely N-dealkylation sites (tertiary alicyclic amines) is 1. The fourth-order valence-electron chi connectivity index (χ4n) is 2.71. The van der Waals surface area contributed by atoms with Crippen LogP contribution in [0, 0.1) is 13.8 Å². The van der Waals surface area contributed by atoms with Crippen LogP contribution in [0.5, 0.6) is 0 Å². The zero-order chi connectivity index (χ0) is 16.3. The molecule has 0 aromatic heterocycles. The minimum absolute atomic E-state index is 0.103. The van der Waals surface area contributed by atoms with Gasteiger partial charge in [-0.1, -0.05) is 12.1 Å². The fourth-order valence-corrected chi connectivity index (χ4v) is 4.34. The predicted molar refractivity (Wildman–Crippen MR) is 84.9 cm³/mol. The zero-order valence-corrected chi connectivity index (χ0v) is 13.8. The van der Waals surface area contributed by atoms with Crippen LogP contribution in [0.4, 0.5) is 0 Å². The van der Waals surface area contributed by atoms with Crippen LogP contribution in [0.3, 0.4) is 0 Å². The van der Waals surface area contributed by atoms with Gasteiger partial charge in [0, 0.05) is 19.1 Å². The van der Waals surface area contributed by atoms with Crippen molar-refractivity contribution < 1.29 is 13.2 Å². The Labute approximate surface area is 131 Å². The number of hydrogen-bond donors (Lipinski definition) is 2. The van der Waals surface area contributed by atoms with E-state index in [-0.39, 0.29) is 18.5 Å². The standard InChI is InChI=1S/C15H23N3O3S/c1-11-3-4-12(2)14(9-11)22(20,21)17-13-5-7-18(8-6-13)10-15(16)19/h3-4,9,13,17H,5-8,10H2,1-2H3,(H2,16,19). The molecular weight excluding hydrogens is 302 g/mol. The van der Waals surface area contributed by atoms with Gasteiger partial charge in [0.1, 0.15) is 0 Å². The van der Waals surface area contributed by atoms with E-state index in [0.29, 0.717) is 30.8 Å². The van der Waals surface area contributed by atoms with E-state index in [2.05, 4.69) is 4.72 Å². The van der Waals surface area contributed by atoms with E-state index in [1.807, 2.05) is 24.0 Å². The second-order valence-electron chi connectivity index (χ2n) is 5.91. The summed E-state index contributed by atoms with van der Waals surface area (Å²) < 4.78 is 27.9. The van der Waals surface area contributed by atoms with Gasteiger partial charge < -0.3 is 5.73 Å². The molecule has 1 fully saturated rings. The van der Waals surface area contributed by atoms with Crippen molar-refractivity contribution in [3.8, 4) is 0 Å². The van der Waals surface area contributed by atoms with Crippen LogP contribution in [0.1, 0.15) is 24.0 Å². The summed E-state index contributed by atoms with van der Waals surface area (Å²) in [6.07, 6.45) is 1.36. The molecule has 0 unspecified atom stereocenters. The van der Waals surface area contributed by atoms with Gasteiger partial charge in [-0.25, -0.2) is 13.1 Å². The molecular formula is C15H23N3O3S. The van der Waals surface area contributed by atoms with Crippen LogP contribution >= 0.6 is 0 Å². The minimum atomic E-state index is -3.51. The van der Waals surface area contributed by atoms with E-state index >= 15 is 0 Å². The Hall–Kier alpha value is -1.44. The van der Waals surface area contributed by atoms with Gasteiger partial charge >= 0.3 is 0 Å². The number of nitrogens with one attached hydrogen (secondary N) is 1. The first-order valence-corrected chi connectivity index (χ1v) is 8.86. The molecule has 0 aliphatic carbocycles. The van der Waals surface area contributed by atoms with Crippen molar-refractivity contribution in [3.05, 3.63) is 29.3 Å². The molecule has 0 spiro atoms. The third kappa shape index (κ3) is 4.28. The van der Waals surface area contributed by atoms with E-state index < -0.39 is 10.0 Å². The highest BCUT2D eigenvalue weighted by molar-refractivity contribution is 7.89. The van der Waals surface area contributed by atoms with Gasteiger partial charge in [-0.15, -0.1) is 0 Å². The van der Waals surface area contributed by atoms with Crippen LogP contribution in [0.2, 0.25) is 0 Å². The summed E-state index contributed by atoms with van der Waals surface area (Å²) in [5, 5.41) is 0. The second-order valence-corrected chi connectivity index (χ2v) is 7.59. The Balaban J connectivity index is 2.02. The lowest BCUT2D eigenvalue weighted by molar-refractivity contribution is -0.119. The molecule has 1 saturated heterocycles. The van der Waals surface area contributed by atoms with Gasteiger partial charge in [0.05, 0.1) is 11.4 Å². The highest BCUT2D eigenvalue weighted by Gasteiger charge is 2.26. The molecule has 1 aliphatic rings. The van der Waals surface area contributed by atoms with Gasteiger partial charge in [-0.2, -0.15) is 0 Å². The number of rotatable bonds is 5. The monoisotopic (exact) mass is 325 g/mol. The number of nitrogens with zero attached hydrogens (tertiary/aromatic N) is 1. The largest absolute Gasteiger partial charge is 0.369 e. The molecule has 0 radical (unpaired) electrons. The van der Waals surface area contributed by atoms with E-state index in [0.717, 1.165) is 11.1 Å². The zero-order valence-electron chi connectivity index (χ0n) is 13.0. The molecule has 3 N–H and O–H groups in total. The van der Waals surface area contributed by atoms with Gasteiger partial charge in [-0.05, 0) is 43.9 Å². The number of nitrogens with two attached hydrogens (primary N) is 1. The maximum absolute atomic E-state index is 12.5. The molecule has 1 heterocycles. The summed E-state index contributed by atoms with van der Waals surface area (Å²) in [4.78, 5) is 13.2. The molecule has 0 bridgehead atoms. The van der Waals surface area contributed by atoms with Crippen LogP contribution in [-0.4, -0.2) is 44.9 Å². The average molecular weight is 325 g/mol. The molecule has 1 aromatic rings. The van der Waals surface area contributed by atoms with Crippen molar-refractivity contribution in [2.24, 2.45) is 5.73 Å². The van der Waals surface area contributed by atoms with E-state index in [1.54, 1.807) is 13.0 Å². The quantitative estimate of drug-likeness (QED) is 0.826. The topological polar surface area (TPSA) is 92.5 Å². The fraction of sp³-hybridized carbons (Fsp3) is 0.533. The first-order chi connectivity index (χ1) is 10.3. The van der Waals surface area contributed by atoms with Crippen LogP contribution < -0.4 is 10.5 Å². The number of piperidine rings is 1. The lowest BCUT2D eigenvalue weighted by Gasteiger charge is -2.31. The molecule has 7 heteroatoms. The van der Waals surface area contributed by atoms with Crippen LogP contribution in [0.25, 0.3) is 0 Å². The number of amides is 1. The first kappa shape index (κ1) is 16.9. The number of carbonyl (C=O) groups excluding carboxylic acids is 1. The minimum Gasteiger partial charge on any atom is -0.369 e. The predicted octanol–water partition coefficient (Wildman–Crippen LogP) is 0.531.